The molecule has 0 radical (unpaired) electrons. The molecule has 0 spiro atoms. The summed E-state index contributed by atoms with van der Waals surface area (Å²) in [4.78, 5) is 34.7. The van der Waals surface area contributed by atoms with Gasteiger partial charge < -0.3 is 10.1 Å². The van der Waals surface area contributed by atoms with Gasteiger partial charge in [0.05, 0.1) is 10.1 Å². The SMILES string of the molecule is CNC(=O)NC(=O)[C@H](C)OC(=O)c1ccc(C2SCCS2)cc1. The molecule has 1 aromatic carbocycles. The predicted molar refractivity (Wildman–Crippen MR) is 91.6 cm³/mol. The standard InChI is InChI=1S/C15H18N2O4S2/c1-9(12(18)17-15(20)16-2)21-13(19)10-3-5-11(6-4-10)14-22-7-8-23-14/h3-6,9,14H,7-8H2,1-2H3,(H2,16,17,18,20)/t9-/m0/s1. The van der Waals surface area contributed by atoms with E-state index in [1.54, 1.807) is 12.1 Å². The van der Waals surface area contributed by atoms with E-state index in [1.807, 2.05) is 35.7 Å². The summed E-state index contributed by atoms with van der Waals surface area (Å²) in [6, 6.07) is 6.55. The van der Waals surface area contributed by atoms with Crippen molar-refractivity contribution in [2.75, 3.05) is 18.6 Å². The lowest BCUT2D eigenvalue weighted by Crippen LogP contribution is -2.43. The lowest BCUT2D eigenvalue weighted by atomic mass is 10.1. The fourth-order valence-corrected chi connectivity index (χ4v) is 4.74. The van der Waals surface area contributed by atoms with Crippen LogP contribution in [0.2, 0.25) is 0 Å². The van der Waals surface area contributed by atoms with Crippen LogP contribution in [0.15, 0.2) is 24.3 Å². The third kappa shape index (κ3) is 4.90. The minimum Gasteiger partial charge on any atom is -0.449 e. The summed E-state index contributed by atoms with van der Waals surface area (Å²) >= 11 is 3.78. The molecule has 1 aliphatic rings. The second-order valence-electron chi connectivity index (χ2n) is 4.81. The van der Waals surface area contributed by atoms with Crippen molar-refractivity contribution >= 4 is 41.4 Å². The van der Waals surface area contributed by atoms with Gasteiger partial charge in [-0.3, -0.25) is 10.1 Å². The molecule has 1 heterocycles. The van der Waals surface area contributed by atoms with Gasteiger partial charge in [0.1, 0.15) is 0 Å². The molecular weight excluding hydrogens is 336 g/mol. The minimum atomic E-state index is -1.06. The summed E-state index contributed by atoms with van der Waals surface area (Å²) in [6.45, 7) is 1.41. The number of urea groups is 1. The third-order valence-electron chi connectivity index (χ3n) is 3.16. The Hall–Kier alpha value is -1.67. The molecule has 1 aromatic rings. The summed E-state index contributed by atoms with van der Waals surface area (Å²) in [7, 11) is 1.39. The molecule has 0 unspecified atom stereocenters. The van der Waals surface area contributed by atoms with Crippen LogP contribution in [0.5, 0.6) is 0 Å². The monoisotopic (exact) mass is 354 g/mol. The molecule has 23 heavy (non-hydrogen) atoms. The van der Waals surface area contributed by atoms with Crippen molar-refractivity contribution < 1.29 is 19.1 Å². The molecule has 0 bridgehead atoms. The molecular formula is C15H18N2O4S2. The van der Waals surface area contributed by atoms with Gasteiger partial charge >= 0.3 is 12.0 Å². The van der Waals surface area contributed by atoms with Crippen LogP contribution in [0.3, 0.4) is 0 Å². The van der Waals surface area contributed by atoms with Crippen LogP contribution in [-0.2, 0) is 9.53 Å². The predicted octanol–water partition coefficient (Wildman–Crippen LogP) is 2.17. The Morgan fingerprint density at radius 3 is 2.35 bits per heavy atom. The van der Waals surface area contributed by atoms with Crippen molar-refractivity contribution in [1.29, 1.82) is 0 Å². The number of carbonyl (C=O) groups excluding carboxylic acids is 3. The minimum absolute atomic E-state index is 0.376. The molecule has 6 nitrogen and oxygen atoms in total. The maximum absolute atomic E-state index is 12.0. The molecule has 1 atom stereocenters. The van der Waals surface area contributed by atoms with E-state index in [4.69, 9.17) is 4.74 Å². The Bertz CT molecular complexity index is 586. The van der Waals surface area contributed by atoms with Gasteiger partial charge in [0.25, 0.3) is 5.91 Å². The zero-order valence-electron chi connectivity index (χ0n) is 12.8. The molecule has 3 amide bonds. The molecule has 1 fully saturated rings. The lowest BCUT2D eigenvalue weighted by Gasteiger charge is -2.13. The maximum Gasteiger partial charge on any atom is 0.338 e. The zero-order valence-corrected chi connectivity index (χ0v) is 14.5. The fourth-order valence-electron chi connectivity index (χ4n) is 1.89. The number of ether oxygens (including phenoxy) is 1. The molecule has 0 aliphatic carbocycles. The average molecular weight is 354 g/mol. The summed E-state index contributed by atoms with van der Waals surface area (Å²) in [5, 5.41) is 4.31. The van der Waals surface area contributed by atoms with Crippen molar-refractivity contribution in [3.8, 4) is 0 Å². The first-order chi connectivity index (χ1) is 11.0. The Labute approximate surface area is 143 Å². The highest BCUT2D eigenvalue weighted by molar-refractivity contribution is 8.19. The van der Waals surface area contributed by atoms with Crippen LogP contribution in [0.4, 0.5) is 4.79 Å². The summed E-state index contributed by atoms with van der Waals surface area (Å²) in [5.41, 5.74) is 1.54. The molecule has 1 aliphatic heterocycles. The van der Waals surface area contributed by atoms with E-state index in [0.29, 0.717) is 10.1 Å². The van der Waals surface area contributed by atoms with Gasteiger partial charge in [0.15, 0.2) is 6.10 Å². The van der Waals surface area contributed by atoms with E-state index in [1.165, 1.54) is 19.5 Å². The van der Waals surface area contributed by atoms with Crippen molar-refractivity contribution in [3.63, 3.8) is 0 Å². The number of carbonyl (C=O) groups is 3. The van der Waals surface area contributed by atoms with Gasteiger partial charge in [0.2, 0.25) is 0 Å². The van der Waals surface area contributed by atoms with E-state index in [-0.39, 0.29) is 0 Å². The molecule has 0 saturated carbocycles. The first kappa shape index (κ1) is 17.7. The topological polar surface area (TPSA) is 84.5 Å². The van der Waals surface area contributed by atoms with Gasteiger partial charge in [0, 0.05) is 18.6 Å². The molecule has 0 aromatic heterocycles. The molecule has 2 N–H and O–H groups in total. The van der Waals surface area contributed by atoms with Crippen LogP contribution >= 0.6 is 23.5 Å². The number of hydrogen-bond acceptors (Lipinski definition) is 6. The first-order valence-electron chi connectivity index (χ1n) is 7.08. The van der Waals surface area contributed by atoms with Crippen molar-refractivity contribution in [2.45, 2.75) is 17.6 Å². The van der Waals surface area contributed by atoms with E-state index in [0.717, 1.165) is 11.5 Å². The highest BCUT2D eigenvalue weighted by Gasteiger charge is 2.22. The van der Waals surface area contributed by atoms with E-state index in [2.05, 4.69) is 10.6 Å². The number of hydrogen-bond donors (Lipinski definition) is 2. The molecule has 1 saturated heterocycles. The average Bonchev–Trinajstić information content (AvgIpc) is 3.09. The van der Waals surface area contributed by atoms with Crippen molar-refractivity contribution in [1.82, 2.24) is 10.6 Å². The van der Waals surface area contributed by atoms with Crippen LogP contribution in [0.1, 0.15) is 27.4 Å². The van der Waals surface area contributed by atoms with Crippen molar-refractivity contribution in [2.24, 2.45) is 0 Å². The zero-order chi connectivity index (χ0) is 16.8. The Balaban J connectivity index is 1.92. The van der Waals surface area contributed by atoms with E-state index < -0.39 is 24.0 Å². The van der Waals surface area contributed by atoms with Crippen molar-refractivity contribution in [3.05, 3.63) is 35.4 Å². The summed E-state index contributed by atoms with van der Waals surface area (Å²) in [5.74, 6) is 1.00. The quantitative estimate of drug-likeness (QED) is 0.806. The highest BCUT2D eigenvalue weighted by atomic mass is 32.2. The first-order valence-corrected chi connectivity index (χ1v) is 9.17. The van der Waals surface area contributed by atoms with Crippen LogP contribution in [0.25, 0.3) is 0 Å². The van der Waals surface area contributed by atoms with Crippen LogP contribution in [0, 0.1) is 0 Å². The van der Waals surface area contributed by atoms with E-state index >= 15 is 0 Å². The highest BCUT2D eigenvalue weighted by Crippen LogP contribution is 2.45. The normalized spacial score (nSPS) is 15.7. The smallest absolute Gasteiger partial charge is 0.338 e. The van der Waals surface area contributed by atoms with Gasteiger partial charge in [-0.1, -0.05) is 12.1 Å². The van der Waals surface area contributed by atoms with Gasteiger partial charge in [-0.2, -0.15) is 0 Å². The Kier molecular flexibility index (Phi) is 6.35. The number of imide groups is 1. The number of benzene rings is 1. The fraction of sp³-hybridized carbons (Fsp3) is 0.400. The molecule has 124 valence electrons. The number of nitrogens with one attached hydrogen (secondary N) is 2. The lowest BCUT2D eigenvalue weighted by molar-refractivity contribution is -0.127. The number of esters is 1. The summed E-state index contributed by atoms with van der Waals surface area (Å²) in [6.07, 6.45) is -1.06. The Morgan fingerprint density at radius 1 is 1.17 bits per heavy atom. The second-order valence-corrected chi connectivity index (χ2v) is 7.54. The summed E-state index contributed by atoms with van der Waals surface area (Å²) < 4.78 is 5.48. The largest absolute Gasteiger partial charge is 0.449 e. The maximum atomic E-state index is 12.0. The molecule has 8 heteroatoms. The van der Waals surface area contributed by atoms with Crippen LogP contribution < -0.4 is 10.6 Å². The second kappa shape index (κ2) is 8.26. The number of thioether (sulfide) groups is 2. The van der Waals surface area contributed by atoms with Gasteiger partial charge in [-0.15, -0.1) is 23.5 Å². The van der Waals surface area contributed by atoms with E-state index in [9.17, 15) is 14.4 Å². The number of rotatable bonds is 4. The molecule has 2 rings (SSSR count). The Morgan fingerprint density at radius 2 is 1.78 bits per heavy atom. The van der Waals surface area contributed by atoms with Gasteiger partial charge in [-0.05, 0) is 24.6 Å². The van der Waals surface area contributed by atoms with Crippen LogP contribution in [-0.4, -0.2) is 42.6 Å². The third-order valence-corrected chi connectivity index (χ3v) is 6.26. The number of amides is 3. The van der Waals surface area contributed by atoms with Gasteiger partial charge in [-0.25, -0.2) is 9.59 Å².